The molecular formula is C21H24ClN3O3. The number of nitrogens with zero attached hydrogens (tertiary/aromatic N) is 2. The van der Waals surface area contributed by atoms with Crippen LogP contribution in [0, 0.1) is 5.92 Å². The second kappa shape index (κ2) is 8.97. The van der Waals surface area contributed by atoms with E-state index >= 15 is 0 Å². The number of hydrogen-bond acceptors (Lipinski definition) is 4. The molecule has 28 heavy (non-hydrogen) atoms. The molecule has 0 radical (unpaired) electrons. The Bertz CT molecular complexity index is 854. The van der Waals surface area contributed by atoms with Crippen LogP contribution in [0.4, 0.5) is 11.4 Å². The second-order valence-corrected chi connectivity index (χ2v) is 7.35. The van der Waals surface area contributed by atoms with E-state index < -0.39 is 0 Å². The first-order valence-corrected chi connectivity index (χ1v) is 9.68. The van der Waals surface area contributed by atoms with Gasteiger partial charge in [-0.2, -0.15) is 0 Å². The third-order valence-electron chi connectivity index (χ3n) is 4.59. The fraction of sp³-hybridized carbons (Fsp3) is 0.333. The summed E-state index contributed by atoms with van der Waals surface area (Å²) in [6, 6.07) is 8.96. The van der Waals surface area contributed by atoms with Gasteiger partial charge in [0, 0.05) is 38.2 Å². The zero-order valence-corrected chi connectivity index (χ0v) is 16.8. The van der Waals surface area contributed by atoms with Gasteiger partial charge < -0.3 is 19.5 Å². The first-order valence-electron chi connectivity index (χ1n) is 9.30. The number of amides is 2. The van der Waals surface area contributed by atoms with E-state index in [1.54, 1.807) is 36.6 Å². The number of hydrogen-bond donors (Lipinski definition) is 1. The smallest absolute Gasteiger partial charge is 0.248 e. The molecule has 148 valence electrons. The normalized spacial score (nSPS) is 14.7. The van der Waals surface area contributed by atoms with E-state index in [9.17, 15) is 9.59 Å². The van der Waals surface area contributed by atoms with Gasteiger partial charge in [0.15, 0.2) is 0 Å². The van der Waals surface area contributed by atoms with Gasteiger partial charge in [0.25, 0.3) is 0 Å². The van der Waals surface area contributed by atoms with Crippen molar-refractivity contribution in [2.45, 2.75) is 13.8 Å². The molecule has 1 N–H and O–H groups in total. The van der Waals surface area contributed by atoms with Crippen molar-refractivity contribution in [3.05, 3.63) is 53.5 Å². The van der Waals surface area contributed by atoms with E-state index in [0.29, 0.717) is 42.6 Å². The van der Waals surface area contributed by atoms with E-state index in [2.05, 4.69) is 10.2 Å². The van der Waals surface area contributed by atoms with Gasteiger partial charge in [-0.25, -0.2) is 0 Å². The maximum Gasteiger partial charge on any atom is 0.248 e. The van der Waals surface area contributed by atoms with Crippen molar-refractivity contribution in [3.8, 4) is 0 Å². The zero-order valence-electron chi connectivity index (χ0n) is 16.0. The molecule has 1 fully saturated rings. The molecule has 0 bridgehead atoms. The van der Waals surface area contributed by atoms with E-state index in [1.807, 2.05) is 24.8 Å². The topological polar surface area (TPSA) is 65.8 Å². The number of benzene rings is 1. The van der Waals surface area contributed by atoms with Crippen molar-refractivity contribution in [1.82, 2.24) is 4.90 Å². The predicted molar refractivity (Wildman–Crippen MR) is 111 cm³/mol. The lowest BCUT2D eigenvalue weighted by Gasteiger charge is -2.38. The monoisotopic (exact) mass is 401 g/mol. The summed E-state index contributed by atoms with van der Waals surface area (Å²) in [5.74, 6) is 0.485. The Morgan fingerprint density at radius 2 is 1.89 bits per heavy atom. The summed E-state index contributed by atoms with van der Waals surface area (Å²) in [6.07, 6.45) is 4.58. The Hall–Kier alpha value is -2.73. The molecule has 2 aromatic rings. The first-order chi connectivity index (χ1) is 13.5. The molecule has 1 aliphatic heterocycles. The number of halogens is 1. The highest BCUT2D eigenvalue weighted by Crippen LogP contribution is 2.34. The van der Waals surface area contributed by atoms with Gasteiger partial charge in [0.1, 0.15) is 5.76 Å². The van der Waals surface area contributed by atoms with Crippen molar-refractivity contribution in [1.29, 1.82) is 0 Å². The van der Waals surface area contributed by atoms with Crippen molar-refractivity contribution >= 4 is 40.9 Å². The molecule has 0 aliphatic carbocycles. The maximum atomic E-state index is 12.3. The zero-order chi connectivity index (χ0) is 20.1. The second-order valence-electron chi connectivity index (χ2n) is 6.94. The summed E-state index contributed by atoms with van der Waals surface area (Å²) >= 11 is 6.45. The van der Waals surface area contributed by atoms with Crippen LogP contribution in [0.15, 0.2) is 47.1 Å². The number of piperazine rings is 1. The molecule has 3 rings (SSSR count). The molecule has 2 heterocycles. The summed E-state index contributed by atoms with van der Waals surface area (Å²) in [6.45, 7) is 6.40. The van der Waals surface area contributed by atoms with Crippen LogP contribution in [0.3, 0.4) is 0 Å². The van der Waals surface area contributed by atoms with E-state index in [-0.39, 0.29) is 17.7 Å². The van der Waals surface area contributed by atoms with Crippen LogP contribution in [0.25, 0.3) is 6.08 Å². The van der Waals surface area contributed by atoms with Crippen LogP contribution in [-0.2, 0) is 9.59 Å². The van der Waals surface area contributed by atoms with Crippen molar-refractivity contribution < 1.29 is 14.0 Å². The molecule has 0 unspecified atom stereocenters. The number of rotatable bonds is 5. The van der Waals surface area contributed by atoms with Crippen LogP contribution in [0.5, 0.6) is 0 Å². The largest absolute Gasteiger partial charge is 0.465 e. The van der Waals surface area contributed by atoms with Crippen LogP contribution < -0.4 is 10.2 Å². The lowest BCUT2D eigenvalue weighted by Crippen LogP contribution is -2.50. The van der Waals surface area contributed by atoms with Gasteiger partial charge in [0.05, 0.1) is 22.7 Å². The molecule has 7 heteroatoms. The van der Waals surface area contributed by atoms with Crippen molar-refractivity contribution in [2.75, 3.05) is 36.4 Å². The van der Waals surface area contributed by atoms with Crippen LogP contribution in [0.1, 0.15) is 19.6 Å². The minimum absolute atomic E-state index is 0.0114. The third-order valence-corrected chi connectivity index (χ3v) is 4.89. The Morgan fingerprint density at radius 3 is 2.54 bits per heavy atom. The summed E-state index contributed by atoms with van der Waals surface area (Å²) in [4.78, 5) is 28.5. The van der Waals surface area contributed by atoms with Gasteiger partial charge in [-0.05, 0) is 30.3 Å². The van der Waals surface area contributed by atoms with Gasteiger partial charge in [-0.15, -0.1) is 0 Å². The molecular weight excluding hydrogens is 378 g/mol. The molecule has 1 aromatic heterocycles. The number of para-hydroxylation sites is 1. The number of carbonyl (C=O) groups excluding carboxylic acids is 2. The fourth-order valence-electron chi connectivity index (χ4n) is 3.17. The number of carbonyl (C=O) groups is 2. The maximum absolute atomic E-state index is 12.3. The molecule has 1 aromatic carbocycles. The minimum Gasteiger partial charge on any atom is -0.465 e. The summed E-state index contributed by atoms with van der Waals surface area (Å²) < 4.78 is 5.19. The lowest BCUT2D eigenvalue weighted by molar-refractivity contribution is -0.134. The van der Waals surface area contributed by atoms with E-state index in [0.717, 1.165) is 5.69 Å². The summed E-state index contributed by atoms with van der Waals surface area (Å²) in [7, 11) is 0. The number of nitrogens with one attached hydrogen (secondary N) is 1. The average molecular weight is 402 g/mol. The summed E-state index contributed by atoms with van der Waals surface area (Å²) in [5, 5.41) is 3.46. The Balaban J connectivity index is 1.70. The summed E-state index contributed by atoms with van der Waals surface area (Å²) in [5.41, 5.74) is 1.42. The highest BCUT2D eigenvalue weighted by molar-refractivity contribution is 6.34. The molecule has 1 saturated heterocycles. The molecule has 6 nitrogen and oxygen atoms in total. The van der Waals surface area contributed by atoms with E-state index in [4.69, 9.17) is 16.0 Å². The number of anilines is 2. The Kier molecular flexibility index (Phi) is 6.41. The average Bonchev–Trinajstić information content (AvgIpc) is 3.20. The van der Waals surface area contributed by atoms with Gasteiger partial charge in [-0.3, -0.25) is 9.59 Å². The van der Waals surface area contributed by atoms with Crippen LogP contribution in [-0.4, -0.2) is 42.9 Å². The fourth-order valence-corrected chi connectivity index (χ4v) is 3.47. The standard InChI is InChI=1S/C21H24ClN3O3/c1-15(2)21(27)25-12-10-24(11-13-25)20-17(22)6-3-7-18(20)23-19(26)9-8-16-5-4-14-28-16/h3-9,14-15H,10-13H2,1-2H3,(H,23,26). The van der Waals surface area contributed by atoms with Crippen LogP contribution in [0.2, 0.25) is 5.02 Å². The third kappa shape index (κ3) is 4.75. The van der Waals surface area contributed by atoms with Gasteiger partial charge in [-0.1, -0.05) is 31.5 Å². The van der Waals surface area contributed by atoms with Crippen LogP contribution >= 0.6 is 11.6 Å². The molecule has 0 atom stereocenters. The minimum atomic E-state index is -0.270. The van der Waals surface area contributed by atoms with Crippen molar-refractivity contribution in [3.63, 3.8) is 0 Å². The Labute approximate surface area is 169 Å². The lowest BCUT2D eigenvalue weighted by atomic mass is 10.1. The molecule has 1 aliphatic rings. The van der Waals surface area contributed by atoms with Gasteiger partial charge in [0.2, 0.25) is 11.8 Å². The number of furan rings is 1. The molecule has 0 saturated carbocycles. The Morgan fingerprint density at radius 1 is 1.14 bits per heavy atom. The highest BCUT2D eigenvalue weighted by atomic mass is 35.5. The quantitative estimate of drug-likeness (QED) is 0.772. The first kappa shape index (κ1) is 20.0. The van der Waals surface area contributed by atoms with Crippen molar-refractivity contribution in [2.24, 2.45) is 5.92 Å². The predicted octanol–water partition coefficient (Wildman–Crippen LogP) is 3.89. The highest BCUT2D eigenvalue weighted by Gasteiger charge is 2.25. The molecule has 2 amide bonds. The SMILES string of the molecule is CC(C)C(=O)N1CCN(c2c(Cl)cccc2NC(=O)C=Cc2ccco2)CC1. The van der Waals surface area contributed by atoms with E-state index in [1.165, 1.54) is 6.08 Å². The molecule has 0 spiro atoms. The van der Waals surface area contributed by atoms with Gasteiger partial charge >= 0.3 is 0 Å².